The molecule has 0 fully saturated rings. The van der Waals surface area contributed by atoms with Gasteiger partial charge in [0.25, 0.3) is 15.9 Å². The molecule has 7 nitrogen and oxygen atoms in total. The molecule has 0 unspecified atom stereocenters. The van der Waals surface area contributed by atoms with Crippen LogP contribution in [0.1, 0.15) is 50.0 Å². The monoisotopic (exact) mass is 429 g/mol. The van der Waals surface area contributed by atoms with Crippen LogP contribution in [0.25, 0.3) is 0 Å². The summed E-state index contributed by atoms with van der Waals surface area (Å²) in [7, 11) is -3.91. The molecule has 0 saturated carbocycles. The Kier molecular flexibility index (Phi) is 5.90. The number of benzene rings is 2. The molecule has 1 aliphatic rings. The van der Waals surface area contributed by atoms with Crippen molar-refractivity contribution in [3.8, 4) is 0 Å². The molecule has 2 aromatic rings. The number of nitrogens with zero attached hydrogens (tertiary/aromatic N) is 1. The van der Waals surface area contributed by atoms with Crippen LogP contribution >= 0.6 is 0 Å². The van der Waals surface area contributed by atoms with Crippen molar-refractivity contribution in [2.24, 2.45) is 0 Å². The van der Waals surface area contributed by atoms with Crippen LogP contribution in [0.4, 0.5) is 11.4 Å². The van der Waals surface area contributed by atoms with E-state index >= 15 is 0 Å². The van der Waals surface area contributed by atoms with Crippen molar-refractivity contribution in [2.75, 3.05) is 16.2 Å². The Balaban J connectivity index is 1.89. The molecule has 2 amide bonds. The van der Waals surface area contributed by atoms with Crippen LogP contribution in [0, 0.1) is 0 Å². The first-order chi connectivity index (χ1) is 14.0. The highest BCUT2D eigenvalue weighted by molar-refractivity contribution is 7.92. The van der Waals surface area contributed by atoms with Gasteiger partial charge in [-0.15, -0.1) is 0 Å². The lowest BCUT2D eigenvalue weighted by Crippen LogP contribution is -2.40. The zero-order valence-corrected chi connectivity index (χ0v) is 18.5. The Hall–Kier alpha value is -2.87. The fraction of sp³-hybridized carbons (Fsp3) is 0.364. The van der Waals surface area contributed by atoms with Crippen molar-refractivity contribution in [3.63, 3.8) is 0 Å². The third-order valence-corrected chi connectivity index (χ3v) is 6.13. The summed E-state index contributed by atoms with van der Waals surface area (Å²) in [6, 6.07) is 11.2. The highest BCUT2D eigenvalue weighted by Crippen LogP contribution is 2.31. The molecule has 0 radical (unpaired) electrons. The van der Waals surface area contributed by atoms with Gasteiger partial charge in [0.15, 0.2) is 0 Å². The lowest BCUT2D eigenvalue weighted by molar-refractivity contribution is -0.118. The van der Waals surface area contributed by atoms with Crippen molar-refractivity contribution in [2.45, 2.75) is 51.0 Å². The maximum absolute atomic E-state index is 13.0. The first-order valence-corrected chi connectivity index (χ1v) is 11.4. The van der Waals surface area contributed by atoms with Gasteiger partial charge in [-0.1, -0.05) is 19.1 Å². The quantitative estimate of drug-likeness (QED) is 0.762. The summed E-state index contributed by atoms with van der Waals surface area (Å²) in [5.41, 5.74) is 1.58. The molecule has 160 valence electrons. The van der Waals surface area contributed by atoms with Gasteiger partial charge in [-0.05, 0) is 63.1 Å². The predicted octanol–water partition coefficient (Wildman–Crippen LogP) is 3.31. The standard InChI is InChI=1S/C22H27N3O4S/c1-5-20(26)25-13-12-15-14-16(10-11-19(15)25)30(28,29)24-18-9-7-6-8-17(18)21(27)23-22(2,3)4/h6-11,14,24H,5,12-13H2,1-4H3,(H,23,27). The van der Waals surface area contributed by atoms with Crippen LogP contribution in [0.3, 0.4) is 0 Å². The predicted molar refractivity (Wildman–Crippen MR) is 117 cm³/mol. The summed E-state index contributed by atoms with van der Waals surface area (Å²) in [6.07, 6.45) is 1.00. The summed E-state index contributed by atoms with van der Waals surface area (Å²) in [5.74, 6) is -0.343. The Morgan fingerprint density at radius 1 is 1.10 bits per heavy atom. The third kappa shape index (κ3) is 4.64. The van der Waals surface area contributed by atoms with Crippen molar-refractivity contribution in [1.82, 2.24) is 5.32 Å². The smallest absolute Gasteiger partial charge is 0.261 e. The molecule has 0 bridgehead atoms. The average Bonchev–Trinajstić information content (AvgIpc) is 3.09. The van der Waals surface area contributed by atoms with Gasteiger partial charge >= 0.3 is 0 Å². The minimum Gasteiger partial charge on any atom is -0.347 e. The number of hydrogen-bond donors (Lipinski definition) is 2. The number of nitrogens with one attached hydrogen (secondary N) is 2. The van der Waals surface area contributed by atoms with Gasteiger partial charge in [-0.25, -0.2) is 8.42 Å². The van der Waals surface area contributed by atoms with Crippen LogP contribution < -0.4 is 14.9 Å². The van der Waals surface area contributed by atoms with E-state index in [9.17, 15) is 18.0 Å². The van der Waals surface area contributed by atoms with Gasteiger partial charge in [0, 0.05) is 24.2 Å². The molecule has 0 aliphatic carbocycles. The van der Waals surface area contributed by atoms with Crippen LogP contribution in [-0.4, -0.2) is 32.3 Å². The maximum atomic E-state index is 13.0. The van der Waals surface area contributed by atoms with Crippen LogP contribution in [0.2, 0.25) is 0 Å². The number of anilines is 2. The van der Waals surface area contributed by atoms with E-state index in [0.29, 0.717) is 19.4 Å². The van der Waals surface area contributed by atoms with Crippen LogP contribution in [0.5, 0.6) is 0 Å². The first kappa shape index (κ1) is 21.8. The Labute approximate surface area is 177 Å². The largest absolute Gasteiger partial charge is 0.347 e. The first-order valence-electron chi connectivity index (χ1n) is 9.89. The highest BCUT2D eigenvalue weighted by Gasteiger charge is 2.26. The molecular formula is C22H27N3O4S. The molecule has 0 spiro atoms. The van der Waals surface area contributed by atoms with E-state index in [0.717, 1.165) is 11.3 Å². The zero-order valence-electron chi connectivity index (χ0n) is 17.7. The highest BCUT2D eigenvalue weighted by atomic mass is 32.2. The summed E-state index contributed by atoms with van der Waals surface area (Å²) >= 11 is 0. The molecular weight excluding hydrogens is 402 g/mol. The molecule has 8 heteroatoms. The van der Waals surface area contributed by atoms with E-state index in [1.807, 2.05) is 20.8 Å². The van der Waals surface area contributed by atoms with Gasteiger partial charge < -0.3 is 10.2 Å². The number of amides is 2. The fourth-order valence-electron chi connectivity index (χ4n) is 3.38. The average molecular weight is 430 g/mol. The molecule has 0 saturated heterocycles. The number of para-hydroxylation sites is 1. The van der Waals surface area contributed by atoms with Crippen molar-refractivity contribution in [3.05, 3.63) is 53.6 Å². The minimum absolute atomic E-state index is 0.0151. The van der Waals surface area contributed by atoms with E-state index in [-0.39, 0.29) is 28.0 Å². The number of carbonyl (C=O) groups is 2. The fourth-order valence-corrected chi connectivity index (χ4v) is 4.51. The Morgan fingerprint density at radius 2 is 1.80 bits per heavy atom. The van der Waals surface area contributed by atoms with Crippen molar-refractivity contribution < 1.29 is 18.0 Å². The van der Waals surface area contributed by atoms with Crippen LogP contribution in [0.15, 0.2) is 47.4 Å². The summed E-state index contributed by atoms with van der Waals surface area (Å²) < 4.78 is 28.6. The minimum atomic E-state index is -3.91. The number of rotatable bonds is 5. The molecule has 2 aromatic carbocycles. The lowest BCUT2D eigenvalue weighted by atomic mass is 10.1. The van der Waals surface area contributed by atoms with E-state index in [1.54, 1.807) is 48.2 Å². The van der Waals surface area contributed by atoms with E-state index in [4.69, 9.17) is 0 Å². The molecule has 1 aliphatic heterocycles. The molecule has 30 heavy (non-hydrogen) atoms. The van der Waals surface area contributed by atoms with Gasteiger partial charge in [0.2, 0.25) is 5.91 Å². The molecule has 1 heterocycles. The van der Waals surface area contributed by atoms with Gasteiger partial charge in [-0.2, -0.15) is 0 Å². The topological polar surface area (TPSA) is 95.6 Å². The summed E-state index contributed by atoms with van der Waals surface area (Å²) in [6.45, 7) is 7.92. The summed E-state index contributed by atoms with van der Waals surface area (Å²) in [5, 5.41) is 2.85. The van der Waals surface area contributed by atoms with E-state index in [2.05, 4.69) is 10.0 Å². The number of fused-ring (bicyclic) bond motifs is 1. The Morgan fingerprint density at radius 3 is 2.47 bits per heavy atom. The number of carbonyl (C=O) groups excluding carboxylic acids is 2. The van der Waals surface area contributed by atoms with E-state index < -0.39 is 15.6 Å². The Bertz CT molecular complexity index is 1090. The second kappa shape index (κ2) is 8.10. The SMILES string of the molecule is CCC(=O)N1CCc2cc(S(=O)(=O)Nc3ccccc3C(=O)NC(C)(C)C)ccc21. The second-order valence-electron chi connectivity index (χ2n) is 8.29. The van der Waals surface area contributed by atoms with Gasteiger partial charge in [0.1, 0.15) is 0 Å². The van der Waals surface area contributed by atoms with Crippen LogP contribution in [-0.2, 0) is 21.2 Å². The molecule has 0 atom stereocenters. The third-order valence-electron chi connectivity index (χ3n) is 4.76. The summed E-state index contributed by atoms with van der Waals surface area (Å²) in [4.78, 5) is 26.4. The molecule has 2 N–H and O–H groups in total. The maximum Gasteiger partial charge on any atom is 0.261 e. The number of sulfonamides is 1. The zero-order chi connectivity index (χ0) is 22.1. The normalized spacial score (nSPS) is 13.7. The van der Waals surface area contributed by atoms with Gasteiger partial charge in [-0.3, -0.25) is 14.3 Å². The molecule has 0 aromatic heterocycles. The lowest BCUT2D eigenvalue weighted by Gasteiger charge is -2.21. The second-order valence-corrected chi connectivity index (χ2v) is 9.98. The number of hydrogen-bond acceptors (Lipinski definition) is 4. The van der Waals surface area contributed by atoms with Crippen molar-refractivity contribution in [1.29, 1.82) is 0 Å². The van der Waals surface area contributed by atoms with Gasteiger partial charge in [0.05, 0.1) is 16.1 Å². The van der Waals surface area contributed by atoms with Crippen molar-refractivity contribution >= 4 is 33.2 Å². The van der Waals surface area contributed by atoms with E-state index in [1.165, 1.54) is 6.07 Å². The molecule has 3 rings (SSSR count).